The molecule has 0 bridgehead atoms. The fourth-order valence-electron chi connectivity index (χ4n) is 2.03. The topological polar surface area (TPSA) is 29.5 Å². The third-order valence-corrected chi connectivity index (χ3v) is 3.12. The van der Waals surface area contributed by atoms with Gasteiger partial charge in [0.25, 0.3) is 0 Å². The number of aliphatic hydroxyl groups is 1. The van der Waals surface area contributed by atoms with Gasteiger partial charge in [0.05, 0.1) is 0 Å². The highest BCUT2D eigenvalue weighted by Crippen LogP contribution is 2.26. The van der Waals surface area contributed by atoms with E-state index in [4.69, 9.17) is 4.74 Å². The van der Waals surface area contributed by atoms with Gasteiger partial charge < -0.3 is 9.84 Å². The molecule has 2 rings (SSSR count). The second-order valence-corrected chi connectivity index (χ2v) is 4.93. The van der Waals surface area contributed by atoms with Crippen LogP contribution in [-0.2, 0) is 0 Å². The van der Waals surface area contributed by atoms with Gasteiger partial charge in [0, 0.05) is 0 Å². The van der Waals surface area contributed by atoms with E-state index < -0.39 is 6.10 Å². The Balaban J connectivity index is 2.03. The van der Waals surface area contributed by atoms with Crippen LogP contribution in [0.4, 0.5) is 0 Å². The second-order valence-electron chi connectivity index (χ2n) is 4.93. The van der Waals surface area contributed by atoms with Gasteiger partial charge in [-0.15, -0.1) is 0 Å². The first-order valence-corrected chi connectivity index (χ1v) is 6.63. The summed E-state index contributed by atoms with van der Waals surface area (Å²) in [5, 5.41) is 10.1. The minimum atomic E-state index is -0.596. The summed E-state index contributed by atoms with van der Waals surface area (Å²) in [5.74, 6) is 1.26. The van der Waals surface area contributed by atoms with Gasteiger partial charge in [-0.25, -0.2) is 0 Å². The lowest BCUT2D eigenvalue weighted by Crippen LogP contribution is -2.10. The molecule has 0 spiro atoms. The summed E-state index contributed by atoms with van der Waals surface area (Å²) >= 11 is 0. The molecular formula is C17H20O2. The summed E-state index contributed by atoms with van der Waals surface area (Å²) in [4.78, 5) is 0. The van der Waals surface area contributed by atoms with Crippen LogP contribution in [0.15, 0.2) is 54.6 Å². The number of aliphatic hydroxyl groups excluding tert-OH is 1. The zero-order valence-electron chi connectivity index (χ0n) is 11.4. The highest BCUT2D eigenvalue weighted by molar-refractivity contribution is 5.35. The van der Waals surface area contributed by atoms with Crippen LogP contribution < -0.4 is 4.74 Å². The van der Waals surface area contributed by atoms with Crippen molar-refractivity contribution in [2.75, 3.05) is 6.61 Å². The zero-order valence-corrected chi connectivity index (χ0v) is 11.4. The van der Waals surface area contributed by atoms with Crippen molar-refractivity contribution in [1.82, 2.24) is 0 Å². The molecule has 0 radical (unpaired) electrons. The number of benzene rings is 2. The Kier molecular flexibility index (Phi) is 4.58. The number of hydrogen-bond acceptors (Lipinski definition) is 2. The van der Waals surface area contributed by atoms with Gasteiger partial charge >= 0.3 is 0 Å². The van der Waals surface area contributed by atoms with E-state index in [2.05, 4.69) is 19.9 Å². The van der Waals surface area contributed by atoms with Crippen molar-refractivity contribution >= 4 is 0 Å². The lowest BCUT2D eigenvalue weighted by molar-refractivity contribution is 0.107. The molecule has 2 aromatic carbocycles. The highest BCUT2D eigenvalue weighted by atomic mass is 16.5. The minimum absolute atomic E-state index is 0.272. The van der Waals surface area contributed by atoms with Crippen molar-refractivity contribution in [3.8, 4) is 5.75 Å². The molecule has 1 N–H and O–H groups in total. The molecule has 1 atom stereocenters. The fourth-order valence-corrected chi connectivity index (χ4v) is 2.03. The van der Waals surface area contributed by atoms with Crippen molar-refractivity contribution < 1.29 is 9.84 Å². The van der Waals surface area contributed by atoms with E-state index in [0.29, 0.717) is 5.92 Å². The molecule has 1 unspecified atom stereocenters. The molecule has 0 aliphatic heterocycles. The standard InChI is InChI=1S/C17H20O2/c1-13(2)15-10-6-7-11-17(15)19-12-16(18)14-8-4-3-5-9-14/h3-11,13,16,18H,12H2,1-2H3. The molecule has 0 amide bonds. The molecule has 100 valence electrons. The summed E-state index contributed by atoms with van der Waals surface area (Å²) in [7, 11) is 0. The van der Waals surface area contributed by atoms with Crippen molar-refractivity contribution in [2.45, 2.75) is 25.9 Å². The predicted octanol–water partition coefficient (Wildman–Crippen LogP) is 3.92. The third kappa shape index (κ3) is 3.58. The van der Waals surface area contributed by atoms with E-state index in [-0.39, 0.29) is 6.61 Å². The molecule has 0 fully saturated rings. The summed E-state index contributed by atoms with van der Waals surface area (Å²) in [6, 6.07) is 17.6. The van der Waals surface area contributed by atoms with Gasteiger partial charge in [-0.1, -0.05) is 62.4 Å². The average Bonchev–Trinajstić information content (AvgIpc) is 2.46. The molecule has 2 aromatic rings. The molecule has 0 saturated heterocycles. The second kappa shape index (κ2) is 6.39. The van der Waals surface area contributed by atoms with Crippen LogP contribution in [0.2, 0.25) is 0 Å². The van der Waals surface area contributed by atoms with E-state index in [0.717, 1.165) is 11.3 Å². The lowest BCUT2D eigenvalue weighted by Gasteiger charge is -2.16. The Morgan fingerprint density at radius 2 is 1.58 bits per heavy atom. The average molecular weight is 256 g/mol. The maximum Gasteiger partial charge on any atom is 0.122 e. The Morgan fingerprint density at radius 1 is 0.947 bits per heavy atom. The van der Waals surface area contributed by atoms with Gasteiger partial charge in [0.2, 0.25) is 0 Å². The van der Waals surface area contributed by atoms with Crippen LogP contribution in [-0.4, -0.2) is 11.7 Å². The normalized spacial score (nSPS) is 12.4. The van der Waals surface area contributed by atoms with Crippen LogP contribution in [0.3, 0.4) is 0 Å². The maximum atomic E-state index is 10.1. The molecule has 0 aliphatic rings. The largest absolute Gasteiger partial charge is 0.490 e. The van der Waals surface area contributed by atoms with Gasteiger partial charge in [0.1, 0.15) is 18.5 Å². The maximum absolute atomic E-state index is 10.1. The van der Waals surface area contributed by atoms with E-state index >= 15 is 0 Å². The van der Waals surface area contributed by atoms with Crippen LogP contribution in [0.5, 0.6) is 5.75 Å². The van der Waals surface area contributed by atoms with Crippen LogP contribution in [0.1, 0.15) is 37.0 Å². The lowest BCUT2D eigenvalue weighted by atomic mass is 10.0. The van der Waals surface area contributed by atoms with E-state index in [9.17, 15) is 5.11 Å². The predicted molar refractivity (Wildman–Crippen MR) is 77.4 cm³/mol. The molecule has 2 heteroatoms. The Bertz CT molecular complexity index is 506. The molecule has 0 aromatic heterocycles. The summed E-state index contributed by atoms with van der Waals surface area (Å²) in [6.07, 6.45) is -0.596. The fraction of sp³-hybridized carbons (Fsp3) is 0.294. The highest BCUT2D eigenvalue weighted by Gasteiger charge is 2.11. The smallest absolute Gasteiger partial charge is 0.122 e. The number of ether oxygens (including phenoxy) is 1. The first-order chi connectivity index (χ1) is 9.18. The number of hydrogen-bond donors (Lipinski definition) is 1. The van der Waals surface area contributed by atoms with E-state index in [1.807, 2.05) is 48.5 Å². The van der Waals surface area contributed by atoms with Gasteiger partial charge in [0.15, 0.2) is 0 Å². The van der Waals surface area contributed by atoms with Crippen molar-refractivity contribution in [3.05, 3.63) is 65.7 Å². The first-order valence-electron chi connectivity index (χ1n) is 6.63. The summed E-state index contributed by atoms with van der Waals surface area (Å²) in [5.41, 5.74) is 2.05. The third-order valence-electron chi connectivity index (χ3n) is 3.12. The molecule has 19 heavy (non-hydrogen) atoms. The van der Waals surface area contributed by atoms with Gasteiger partial charge in [-0.3, -0.25) is 0 Å². The monoisotopic (exact) mass is 256 g/mol. The first kappa shape index (κ1) is 13.6. The minimum Gasteiger partial charge on any atom is -0.490 e. The zero-order chi connectivity index (χ0) is 13.7. The van der Waals surface area contributed by atoms with Crippen molar-refractivity contribution in [2.24, 2.45) is 0 Å². The Labute approximate surface area is 114 Å². The Morgan fingerprint density at radius 3 is 2.26 bits per heavy atom. The molecule has 2 nitrogen and oxygen atoms in total. The molecule has 0 heterocycles. The van der Waals surface area contributed by atoms with Gasteiger partial charge in [-0.05, 0) is 23.1 Å². The Hall–Kier alpha value is -1.80. The summed E-state index contributed by atoms with van der Waals surface area (Å²) in [6.45, 7) is 4.54. The summed E-state index contributed by atoms with van der Waals surface area (Å²) < 4.78 is 5.76. The van der Waals surface area contributed by atoms with E-state index in [1.54, 1.807) is 0 Å². The molecule has 0 aliphatic carbocycles. The number of para-hydroxylation sites is 1. The van der Waals surface area contributed by atoms with Crippen LogP contribution >= 0.6 is 0 Å². The van der Waals surface area contributed by atoms with Crippen molar-refractivity contribution in [3.63, 3.8) is 0 Å². The quantitative estimate of drug-likeness (QED) is 0.878. The van der Waals surface area contributed by atoms with E-state index in [1.165, 1.54) is 5.56 Å². The van der Waals surface area contributed by atoms with Gasteiger partial charge in [-0.2, -0.15) is 0 Å². The molecule has 0 saturated carbocycles. The number of rotatable bonds is 5. The van der Waals surface area contributed by atoms with Crippen LogP contribution in [0, 0.1) is 0 Å². The SMILES string of the molecule is CC(C)c1ccccc1OCC(O)c1ccccc1. The van der Waals surface area contributed by atoms with Crippen LogP contribution in [0.25, 0.3) is 0 Å². The van der Waals surface area contributed by atoms with Crippen molar-refractivity contribution in [1.29, 1.82) is 0 Å². The molecular weight excluding hydrogens is 236 g/mol.